The van der Waals surface area contributed by atoms with Gasteiger partial charge in [0.15, 0.2) is 0 Å². The highest BCUT2D eigenvalue weighted by atomic mass is 19.1. The number of rotatable bonds is 6. The quantitative estimate of drug-likeness (QED) is 0.689. The molecule has 1 aromatic heterocycles. The SMILES string of the molecule is CCc1ccccc1NC(=O)CC(c1cccc(F)c1)n1cccc1. The minimum atomic E-state index is -0.300. The number of hydrogen-bond acceptors (Lipinski definition) is 1. The van der Waals surface area contributed by atoms with Crippen molar-refractivity contribution in [3.8, 4) is 0 Å². The molecule has 0 saturated carbocycles. The molecule has 1 atom stereocenters. The summed E-state index contributed by atoms with van der Waals surface area (Å²) >= 11 is 0. The number of para-hydroxylation sites is 1. The van der Waals surface area contributed by atoms with Crippen LogP contribution in [-0.2, 0) is 11.2 Å². The summed E-state index contributed by atoms with van der Waals surface area (Å²) in [6.45, 7) is 2.06. The molecule has 0 aliphatic carbocycles. The van der Waals surface area contributed by atoms with Crippen molar-refractivity contribution in [1.82, 2.24) is 4.57 Å². The highest BCUT2D eigenvalue weighted by molar-refractivity contribution is 5.92. The minimum Gasteiger partial charge on any atom is -0.346 e. The first-order valence-electron chi connectivity index (χ1n) is 8.43. The van der Waals surface area contributed by atoms with Crippen LogP contribution in [0.4, 0.5) is 10.1 Å². The highest BCUT2D eigenvalue weighted by Gasteiger charge is 2.18. The zero-order valence-electron chi connectivity index (χ0n) is 14.2. The third kappa shape index (κ3) is 4.15. The van der Waals surface area contributed by atoms with E-state index in [1.54, 1.807) is 6.07 Å². The smallest absolute Gasteiger partial charge is 0.226 e. The lowest BCUT2D eigenvalue weighted by molar-refractivity contribution is -0.116. The third-order valence-electron chi connectivity index (χ3n) is 4.27. The van der Waals surface area contributed by atoms with Crippen LogP contribution in [0.2, 0.25) is 0 Å². The summed E-state index contributed by atoms with van der Waals surface area (Å²) in [5.74, 6) is -0.393. The zero-order valence-corrected chi connectivity index (χ0v) is 14.2. The maximum Gasteiger partial charge on any atom is 0.226 e. The number of carbonyl (C=O) groups is 1. The lowest BCUT2D eigenvalue weighted by Gasteiger charge is -2.20. The normalized spacial score (nSPS) is 11.9. The molecule has 3 nitrogen and oxygen atoms in total. The highest BCUT2D eigenvalue weighted by Crippen LogP contribution is 2.24. The van der Waals surface area contributed by atoms with Crippen molar-refractivity contribution in [1.29, 1.82) is 0 Å². The van der Waals surface area contributed by atoms with Crippen LogP contribution in [0.5, 0.6) is 0 Å². The molecular formula is C21H21FN2O. The van der Waals surface area contributed by atoms with Crippen LogP contribution in [0.15, 0.2) is 73.1 Å². The van der Waals surface area contributed by atoms with Crippen LogP contribution in [0, 0.1) is 5.82 Å². The lowest BCUT2D eigenvalue weighted by atomic mass is 10.0. The predicted molar refractivity (Wildman–Crippen MR) is 98.0 cm³/mol. The summed E-state index contributed by atoms with van der Waals surface area (Å²) in [7, 11) is 0. The van der Waals surface area contributed by atoms with Gasteiger partial charge < -0.3 is 9.88 Å². The van der Waals surface area contributed by atoms with Crippen molar-refractivity contribution in [3.63, 3.8) is 0 Å². The summed E-state index contributed by atoms with van der Waals surface area (Å²) < 4.78 is 15.6. The van der Waals surface area contributed by atoms with E-state index in [1.165, 1.54) is 12.1 Å². The van der Waals surface area contributed by atoms with Gasteiger partial charge in [-0.05, 0) is 47.9 Å². The average Bonchev–Trinajstić information content (AvgIpc) is 3.14. The fourth-order valence-electron chi connectivity index (χ4n) is 2.99. The molecule has 0 bridgehead atoms. The summed E-state index contributed by atoms with van der Waals surface area (Å²) in [6.07, 6.45) is 4.86. The molecule has 1 unspecified atom stereocenters. The molecule has 4 heteroatoms. The van der Waals surface area contributed by atoms with E-state index in [0.29, 0.717) is 0 Å². The van der Waals surface area contributed by atoms with Crippen molar-refractivity contribution in [3.05, 3.63) is 90.0 Å². The molecule has 1 N–H and O–H groups in total. The van der Waals surface area contributed by atoms with Crippen LogP contribution in [0.3, 0.4) is 0 Å². The molecule has 0 spiro atoms. The standard InChI is InChI=1S/C21H21FN2O/c1-2-16-8-3-4-11-19(16)23-21(25)15-20(24-12-5-6-13-24)17-9-7-10-18(22)14-17/h3-14,20H,2,15H2,1H3,(H,23,25). The molecule has 0 saturated heterocycles. The van der Waals surface area contributed by atoms with Gasteiger partial charge in [0.25, 0.3) is 0 Å². The van der Waals surface area contributed by atoms with Gasteiger partial charge in [-0.15, -0.1) is 0 Å². The molecule has 2 aromatic carbocycles. The Bertz CT molecular complexity index is 843. The first-order chi connectivity index (χ1) is 12.2. The van der Waals surface area contributed by atoms with E-state index in [-0.39, 0.29) is 24.2 Å². The van der Waals surface area contributed by atoms with Crippen LogP contribution < -0.4 is 5.32 Å². The van der Waals surface area contributed by atoms with Gasteiger partial charge in [0.1, 0.15) is 5.82 Å². The van der Waals surface area contributed by atoms with Crippen LogP contribution in [0.1, 0.15) is 30.5 Å². The molecule has 0 aliphatic rings. The molecule has 128 valence electrons. The van der Waals surface area contributed by atoms with E-state index in [2.05, 4.69) is 12.2 Å². The van der Waals surface area contributed by atoms with E-state index in [4.69, 9.17) is 0 Å². The summed E-state index contributed by atoms with van der Waals surface area (Å²) in [5, 5.41) is 2.99. The van der Waals surface area contributed by atoms with Gasteiger partial charge in [-0.2, -0.15) is 0 Å². The molecular weight excluding hydrogens is 315 g/mol. The van der Waals surface area contributed by atoms with E-state index in [0.717, 1.165) is 23.2 Å². The number of aryl methyl sites for hydroxylation is 1. The van der Waals surface area contributed by atoms with Gasteiger partial charge in [-0.3, -0.25) is 4.79 Å². The fraction of sp³-hybridized carbons (Fsp3) is 0.190. The van der Waals surface area contributed by atoms with Crippen LogP contribution in [0.25, 0.3) is 0 Å². The Morgan fingerprint density at radius 3 is 2.56 bits per heavy atom. The number of aromatic nitrogens is 1. The van der Waals surface area contributed by atoms with Crippen LogP contribution in [-0.4, -0.2) is 10.5 Å². The number of halogens is 1. The monoisotopic (exact) mass is 336 g/mol. The Labute approximate surface area is 147 Å². The van der Waals surface area contributed by atoms with Gasteiger partial charge in [-0.25, -0.2) is 4.39 Å². The number of nitrogens with zero attached hydrogens (tertiary/aromatic N) is 1. The molecule has 3 rings (SSSR count). The average molecular weight is 336 g/mol. The summed E-state index contributed by atoms with van der Waals surface area (Å²) in [6, 6.07) is 17.7. The van der Waals surface area contributed by atoms with Gasteiger partial charge in [0.05, 0.1) is 12.5 Å². The third-order valence-corrected chi connectivity index (χ3v) is 4.27. The Hall–Kier alpha value is -2.88. The number of amides is 1. The number of anilines is 1. The van der Waals surface area contributed by atoms with Gasteiger partial charge in [0, 0.05) is 18.1 Å². The first-order valence-corrected chi connectivity index (χ1v) is 8.43. The molecule has 1 heterocycles. The Morgan fingerprint density at radius 1 is 1.08 bits per heavy atom. The number of benzene rings is 2. The maximum absolute atomic E-state index is 13.6. The molecule has 0 aliphatic heterocycles. The second kappa shape index (κ2) is 7.79. The van der Waals surface area contributed by atoms with E-state index in [1.807, 2.05) is 59.4 Å². The van der Waals surface area contributed by atoms with Gasteiger partial charge >= 0.3 is 0 Å². The largest absolute Gasteiger partial charge is 0.346 e. The fourth-order valence-corrected chi connectivity index (χ4v) is 2.99. The zero-order chi connectivity index (χ0) is 17.6. The number of nitrogens with one attached hydrogen (secondary N) is 1. The minimum absolute atomic E-state index is 0.0936. The molecule has 25 heavy (non-hydrogen) atoms. The number of hydrogen-bond donors (Lipinski definition) is 1. The Balaban J connectivity index is 1.82. The van der Waals surface area contributed by atoms with Crippen molar-refractivity contribution in [2.24, 2.45) is 0 Å². The molecule has 0 radical (unpaired) electrons. The molecule has 1 amide bonds. The first kappa shape index (κ1) is 17.0. The van der Waals surface area contributed by atoms with E-state index < -0.39 is 0 Å². The second-order valence-corrected chi connectivity index (χ2v) is 5.96. The van der Waals surface area contributed by atoms with Crippen molar-refractivity contribution in [2.45, 2.75) is 25.8 Å². The lowest BCUT2D eigenvalue weighted by Crippen LogP contribution is -2.20. The van der Waals surface area contributed by atoms with E-state index in [9.17, 15) is 9.18 Å². The maximum atomic E-state index is 13.6. The molecule has 0 fully saturated rings. The van der Waals surface area contributed by atoms with E-state index >= 15 is 0 Å². The molecule has 3 aromatic rings. The number of carbonyl (C=O) groups excluding carboxylic acids is 1. The van der Waals surface area contributed by atoms with Crippen molar-refractivity contribution >= 4 is 11.6 Å². The van der Waals surface area contributed by atoms with Gasteiger partial charge in [0.2, 0.25) is 5.91 Å². The van der Waals surface area contributed by atoms with Gasteiger partial charge in [-0.1, -0.05) is 37.3 Å². The second-order valence-electron chi connectivity index (χ2n) is 5.96. The Kier molecular flexibility index (Phi) is 5.29. The van der Waals surface area contributed by atoms with Crippen LogP contribution >= 0.6 is 0 Å². The summed E-state index contributed by atoms with van der Waals surface area (Å²) in [5.41, 5.74) is 2.70. The van der Waals surface area contributed by atoms with Crippen molar-refractivity contribution in [2.75, 3.05) is 5.32 Å². The topological polar surface area (TPSA) is 34.0 Å². The summed E-state index contributed by atoms with van der Waals surface area (Å²) in [4.78, 5) is 12.6. The predicted octanol–water partition coefficient (Wildman–Crippen LogP) is 4.81. The van der Waals surface area contributed by atoms with Crippen molar-refractivity contribution < 1.29 is 9.18 Å². The Morgan fingerprint density at radius 2 is 1.84 bits per heavy atom.